The Kier molecular flexibility index (Phi) is 5.15. The summed E-state index contributed by atoms with van der Waals surface area (Å²) < 4.78 is 10.8. The van der Waals surface area contributed by atoms with Crippen LogP contribution >= 0.6 is 0 Å². The molecule has 0 saturated carbocycles. The van der Waals surface area contributed by atoms with Gasteiger partial charge in [-0.1, -0.05) is 18.2 Å². The minimum absolute atomic E-state index is 0.169. The number of nitrogens with zero attached hydrogens (tertiary/aromatic N) is 3. The van der Waals surface area contributed by atoms with Crippen molar-refractivity contribution in [2.75, 3.05) is 32.3 Å². The van der Waals surface area contributed by atoms with Crippen LogP contribution in [-0.2, 0) is 17.8 Å². The van der Waals surface area contributed by atoms with E-state index in [0.717, 1.165) is 30.0 Å². The van der Waals surface area contributed by atoms with Gasteiger partial charge in [-0.05, 0) is 48.7 Å². The van der Waals surface area contributed by atoms with Gasteiger partial charge in [0.25, 0.3) is 5.91 Å². The highest BCUT2D eigenvalue weighted by molar-refractivity contribution is 6.14. The lowest BCUT2D eigenvalue weighted by molar-refractivity contribution is -0.128. The molecule has 0 bridgehead atoms. The van der Waals surface area contributed by atoms with Crippen LogP contribution in [0.15, 0.2) is 42.5 Å². The average molecular weight is 395 g/mol. The van der Waals surface area contributed by atoms with E-state index in [1.807, 2.05) is 42.5 Å². The van der Waals surface area contributed by atoms with Crippen LogP contribution in [-0.4, -0.2) is 55.2 Å². The molecule has 1 saturated heterocycles. The van der Waals surface area contributed by atoms with Gasteiger partial charge in [0, 0.05) is 18.8 Å². The van der Waals surface area contributed by atoms with E-state index in [1.54, 1.807) is 26.0 Å². The van der Waals surface area contributed by atoms with Crippen LogP contribution in [0.5, 0.6) is 11.5 Å². The first-order chi connectivity index (χ1) is 14.0. The Hall–Kier alpha value is -3.06. The third-order valence-corrected chi connectivity index (χ3v) is 5.62. The van der Waals surface area contributed by atoms with E-state index >= 15 is 0 Å². The zero-order valence-corrected chi connectivity index (χ0v) is 16.9. The molecule has 2 heterocycles. The molecular weight excluding hydrogens is 370 g/mol. The second-order valence-electron chi connectivity index (χ2n) is 7.35. The monoisotopic (exact) mass is 395 g/mol. The van der Waals surface area contributed by atoms with Gasteiger partial charge in [-0.15, -0.1) is 0 Å². The van der Waals surface area contributed by atoms with E-state index in [2.05, 4.69) is 4.90 Å². The molecule has 2 aliphatic rings. The van der Waals surface area contributed by atoms with Crippen molar-refractivity contribution in [3.63, 3.8) is 0 Å². The van der Waals surface area contributed by atoms with Crippen LogP contribution in [0, 0.1) is 0 Å². The van der Waals surface area contributed by atoms with E-state index in [0.29, 0.717) is 12.3 Å². The standard InChI is InChI=1S/C22H25N3O4/c1-15-21(26)24(22(27)25(15)18-7-5-4-6-8-18)14-23-10-9-16-11-19(28-2)20(29-3)12-17(16)13-23/h4-8,11-12,15H,9-10,13-14H2,1-3H3/t15-/m0/s1. The molecule has 3 amide bonds. The summed E-state index contributed by atoms with van der Waals surface area (Å²) in [6, 6.07) is 12.5. The van der Waals surface area contributed by atoms with Crippen LogP contribution in [0.25, 0.3) is 0 Å². The fourth-order valence-corrected chi connectivity index (χ4v) is 4.04. The third kappa shape index (κ3) is 3.42. The van der Waals surface area contributed by atoms with Gasteiger partial charge >= 0.3 is 6.03 Å². The van der Waals surface area contributed by atoms with E-state index in [-0.39, 0.29) is 18.6 Å². The second kappa shape index (κ2) is 7.75. The maximum atomic E-state index is 13.0. The van der Waals surface area contributed by atoms with E-state index in [1.165, 1.54) is 10.5 Å². The fourth-order valence-electron chi connectivity index (χ4n) is 4.04. The molecule has 1 fully saturated rings. The Bertz CT molecular complexity index is 931. The first-order valence-electron chi connectivity index (χ1n) is 9.69. The number of carbonyl (C=O) groups is 2. The smallest absolute Gasteiger partial charge is 0.333 e. The molecule has 7 heteroatoms. The highest BCUT2D eigenvalue weighted by Gasteiger charge is 2.44. The number of ether oxygens (including phenoxy) is 2. The summed E-state index contributed by atoms with van der Waals surface area (Å²) in [4.78, 5) is 30.8. The zero-order chi connectivity index (χ0) is 20.5. The number of hydrogen-bond donors (Lipinski definition) is 0. The highest BCUT2D eigenvalue weighted by atomic mass is 16.5. The summed E-state index contributed by atoms with van der Waals surface area (Å²) in [6.07, 6.45) is 0.823. The Morgan fingerprint density at radius 2 is 1.66 bits per heavy atom. The second-order valence-corrected chi connectivity index (χ2v) is 7.35. The molecule has 2 aromatic carbocycles. The number of amides is 3. The Balaban J connectivity index is 1.52. The number of para-hydroxylation sites is 1. The first-order valence-corrected chi connectivity index (χ1v) is 9.69. The first kappa shape index (κ1) is 19.3. The van der Waals surface area contributed by atoms with Gasteiger partial charge in [-0.25, -0.2) is 9.69 Å². The number of carbonyl (C=O) groups excluding carboxylic acids is 2. The van der Waals surface area contributed by atoms with Crippen molar-refractivity contribution >= 4 is 17.6 Å². The number of imide groups is 1. The van der Waals surface area contributed by atoms with E-state index in [9.17, 15) is 9.59 Å². The number of urea groups is 1. The van der Waals surface area contributed by atoms with Crippen LogP contribution in [0.3, 0.4) is 0 Å². The van der Waals surface area contributed by atoms with E-state index < -0.39 is 6.04 Å². The number of anilines is 1. The molecule has 0 N–H and O–H groups in total. The Labute approximate surface area is 170 Å². The summed E-state index contributed by atoms with van der Waals surface area (Å²) in [5.41, 5.74) is 3.07. The minimum atomic E-state index is -0.508. The largest absolute Gasteiger partial charge is 0.493 e. The van der Waals surface area contributed by atoms with Crippen molar-refractivity contribution in [2.45, 2.75) is 25.9 Å². The predicted octanol–water partition coefficient (Wildman–Crippen LogP) is 2.88. The lowest BCUT2D eigenvalue weighted by Gasteiger charge is -2.31. The molecule has 152 valence electrons. The molecule has 1 atom stereocenters. The van der Waals surface area contributed by atoms with Crippen LogP contribution in [0.1, 0.15) is 18.1 Å². The molecule has 2 aliphatic heterocycles. The SMILES string of the molecule is COc1cc2c(cc1OC)CN(CN1C(=O)[C@H](C)N(c3ccccc3)C1=O)CC2. The van der Waals surface area contributed by atoms with Gasteiger partial charge in [-0.3, -0.25) is 14.6 Å². The van der Waals surface area contributed by atoms with Crippen molar-refractivity contribution in [1.82, 2.24) is 9.80 Å². The number of fused-ring (bicyclic) bond motifs is 1. The number of methoxy groups -OCH3 is 2. The quantitative estimate of drug-likeness (QED) is 0.729. The van der Waals surface area contributed by atoms with Crippen molar-refractivity contribution in [3.8, 4) is 11.5 Å². The Morgan fingerprint density at radius 1 is 1.00 bits per heavy atom. The van der Waals surface area contributed by atoms with Gasteiger partial charge in [0.05, 0.1) is 20.9 Å². The molecule has 0 radical (unpaired) electrons. The van der Waals surface area contributed by atoms with Gasteiger partial charge in [0.1, 0.15) is 6.04 Å². The highest BCUT2D eigenvalue weighted by Crippen LogP contribution is 2.33. The van der Waals surface area contributed by atoms with Crippen molar-refractivity contribution in [2.24, 2.45) is 0 Å². The van der Waals surface area contributed by atoms with Gasteiger partial charge in [0.2, 0.25) is 0 Å². The molecule has 2 aromatic rings. The van der Waals surface area contributed by atoms with Crippen LogP contribution in [0.4, 0.5) is 10.5 Å². The topological polar surface area (TPSA) is 62.3 Å². The maximum absolute atomic E-state index is 13.0. The van der Waals surface area contributed by atoms with Crippen molar-refractivity contribution in [1.29, 1.82) is 0 Å². The lowest BCUT2D eigenvalue weighted by atomic mass is 9.99. The molecule has 7 nitrogen and oxygen atoms in total. The van der Waals surface area contributed by atoms with E-state index in [4.69, 9.17) is 9.47 Å². The number of rotatable bonds is 5. The Morgan fingerprint density at radius 3 is 2.31 bits per heavy atom. The normalized spacial score (nSPS) is 19.5. The molecular formula is C22H25N3O4. The lowest BCUT2D eigenvalue weighted by Crippen LogP contribution is -2.44. The minimum Gasteiger partial charge on any atom is -0.493 e. The molecule has 0 aliphatic carbocycles. The molecule has 29 heavy (non-hydrogen) atoms. The summed E-state index contributed by atoms with van der Waals surface area (Å²) in [7, 11) is 3.25. The molecule has 0 unspecified atom stereocenters. The summed E-state index contributed by atoms with van der Waals surface area (Å²) in [5, 5.41) is 0. The molecule has 0 aromatic heterocycles. The third-order valence-electron chi connectivity index (χ3n) is 5.62. The summed E-state index contributed by atoms with van der Waals surface area (Å²) >= 11 is 0. The number of benzene rings is 2. The summed E-state index contributed by atoms with van der Waals surface area (Å²) in [6.45, 7) is 3.46. The van der Waals surface area contributed by atoms with Crippen LogP contribution in [0.2, 0.25) is 0 Å². The maximum Gasteiger partial charge on any atom is 0.333 e. The molecule has 0 spiro atoms. The fraction of sp³-hybridized carbons (Fsp3) is 0.364. The van der Waals surface area contributed by atoms with Crippen molar-refractivity contribution < 1.29 is 19.1 Å². The summed E-state index contributed by atoms with van der Waals surface area (Å²) in [5.74, 6) is 1.24. The van der Waals surface area contributed by atoms with Gasteiger partial charge in [-0.2, -0.15) is 0 Å². The number of hydrogen-bond acceptors (Lipinski definition) is 5. The average Bonchev–Trinajstić information content (AvgIpc) is 2.96. The predicted molar refractivity (Wildman–Crippen MR) is 109 cm³/mol. The van der Waals surface area contributed by atoms with Crippen LogP contribution < -0.4 is 14.4 Å². The molecule has 4 rings (SSSR count). The van der Waals surface area contributed by atoms with Gasteiger partial charge < -0.3 is 9.47 Å². The van der Waals surface area contributed by atoms with Crippen molar-refractivity contribution in [3.05, 3.63) is 53.6 Å². The van der Waals surface area contributed by atoms with Gasteiger partial charge in [0.15, 0.2) is 11.5 Å². The zero-order valence-electron chi connectivity index (χ0n) is 16.9.